The number of benzene rings is 2. The fraction of sp³-hybridized carbons (Fsp3) is 0.0769. The Kier molecular flexibility index (Phi) is 3.22. The smallest absolute Gasteiger partial charge is 0.131 e. The van der Waals surface area contributed by atoms with Crippen molar-refractivity contribution in [2.75, 3.05) is 0 Å². The zero-order valence-electron chi connectivity index (χ0n) is 8.45. The van der Waals surface area contributed by atoms with Crippen molar-refractivity contribution in [2.24, 2.45) is 0 Å². The van der Waals surface area contributed by atoms with Gasteiger partial charge in [0.1, 0.15) is 5.82 Å². The maximum atomic E-state index is 13.6. The molecule has 0 fully saturated rings. The van der Waals surface area contributed by atoms with E-state index < -0.39 is 0 Å². The van der Waals surface area contributed by atoms with Crippen molar-refractivity contribution in [2.45, 2.75) is 6.61 Å². The van der Waals surface area contributed by atoms with Crippen molar-refractivity contribution in [3.63, 3.8) is 0 Å². The lowest BCUT2D eigenvalue weighted by Gasteiger charge is -2.08. The Balaban J connectivity index is 2.60. The summed E-state index contributed by atoms with van der Waals surface area (Å²) in [5.74, 6) is -0.306. The summed E-state index contributed by atoms with van der Waals surface area (Å²) < 4.78 is 13.6. The lowest BCUT2D eigenvalue weighted by atomic mass is 10.00. The second-order valence-corrected chi connectivity index (χ2v) is 3.88. The first-order chi connectivity index (χ1) is 7.72. The second kappa shape index (κ2) is 4.64. The van der Waals surface area contributed by atoms with Crippen LogP contribution in [0, 0.1) is 5.82 Å². The molecule has 0 unspecified atom stereocenters. The van der Waals surface area contributed by atoms with E-state index in [4.69, 9.17) is 11.6 Å². The summed E-state index contributed by atoms with van der Waals surface area (Å²) in [6.45, 7) is -0.162. The molecule has 3 heteroatoms. The quantitative estimate of drug-likeness (QED) is 0.844. The van der Waals surface area contributed by atoms with Gasteiger partial charge in [-0.3, -0.25) is 0 Å². The molecule has 0 atom stereocenters. The maximum Gasteiger partial charge on any atom is 0.131 e. The third-order valence-corrected chi connectivity index (χ3v) is 2.64. The van der Waals surface area contributed by atoms with Gasteiger partial charge in [-0.15, -0.1) is 0 Å². The van der Waals surface area contributed by atoms with Gasteiger partial charge >= 0.3 is 0 Å². The van der Waals surface area contributed by atoms with Gasteiger partial charge in [-0.2, -0.15) is 0 Å². The van der Waals surface area contributed by atoms with Crippen LogP contribution in [0.4, 0.5) is 4.39 Å². The first kappa shape index (κ1) is 11.1. The van der Waals surface area contributed by atoms with Gasteiger partial charge in [0, 0.05) is 10.6 Å². The van der Waals surface area contributed by atoms with Crippen LogP contribution in [-0.2, 0) is 6.61 Å². The molecular weight excluding hydrogens is 227 g/mol. The highest BCUT2D eigenvalue weighted by molar-refractivity contribution is 6.30. The molecule has 0 aliphatic carbocycles. The van der Waals surface area contributed by atoms with E-state index in [1.807, 2.05) is 0 Å². The summed E-state index contributed by atoms with van der Waals surface area (Å²) in [5.41, 5.74) is 1.77. The number of aliphatic hydroxyl groups excluding tert-OH is 1. The van der Waals surface area contributed by atoms with E-state index in [0.717, 1.165) is 0 Å². The molecule has 82 valence electrons. The third kappa shape index (κ3) is 2.08. The summed E-state index contributed by atoms with van der Waals surface area (Å²) in [6, 6.07) is 11.5. The lowest BCUT2D eigenvalue weighted by molar-refractivity contribution is 0.282. The normalized spacial score (nSPS) is 10.4. The van der Waals surface area contributed by atoms with Gasteiger partial charge in [0.25, 0.3) is 0 Å². The van der Waals surface area contributed by atoms with Gasteiger partial charge in [0.2, 0.25) is 0 Å². The van der Waals surface area contributed by atoms with E-state index in [9.17, 15) is 9.50 Å². The van der Waals surface area contributed by atoms with E-state index in [1.54, 1.807) is 36.4 Å². The van der Waals surface area contributed by atoms with Crippen molar-refractivity contribution >= 4 is 11.6 Å². The molecule has 2 rings (SSSR count). The van der Waals surface area contributed by atoms with E-state index in [2.05, 4.69) is 0 Å². The van der Waals surface area contributed by atoms with Crippen molar-refractivity contribution in [3.05, 3.63) is 58.9 Å². The van der Waals surface area contributed by atoms with Crippen LogP contribution in [0.2, 0.25) is 5.02 Å². The Morgan fingerprint density at radius 2 is 1.81 bits per heavy atom. The third-order valence-electron chi connectivity index (χ3n) is 2.40. The molecule has 16 heavy (non-hydrogen) atoms. The molecule has 0 heterocycles. The van der Waals surface area contributed by atoms with Crippen LogP contribution in [-0.4, -0.2) is 5.11 Å². The zero-order chi connectivity index (χ0) is 11.5. The molecule has 0 bridgehead atoms. The summed E-state index contributed by atoms with van der Waals surface area (Å²) in [7, 11) is 0. The Morgan fingerprint density at radius 1 is 1.06 bits per heavy atom. The monoisotopic (exact) mass is 236 g/mol. The molecule has 2 aromatic rings. The highest BCUT2D eigenvalue weighted by Crippen LogP contribution is 2.28. The van der Waals surface area contributed by atoms with Gasteiger partial charge in [0.15, 0.2) is 0 Å². The van der Waals surface area contributed by atoms with E-state index in [-0.39, 0.29) is 12.4 Å². The van der Waals surface area contributed by atoms with Gasteiger partial charge in [0.05, 0.1) is 6.61 Å². The number of rotatable bonds is 2. The SMILES string of the molecule is OCc1cc(Cl)ccc1-c1ccccc1F. The number of halogens is 2. The predicted octanol–water partition coefficient (Wildman–Crippen LogP) is 3.64. The molecule has 1 nitrogen and oxygen atoms in total. The average molecular weight is 237 g/mol. The van der Waals surface area contributed by atoms with Crippen LogP contribution in [0.5, 0.6) is 0 Å². The van der Waals surface area contributed by atoms with Crippen molar-refractivity contribution < 1.29 is 9.50 Å². The number of aliphatic hydroxyl groups is 1. The van der Waals surface area contributed by atoms with Gasteiger partial charge in [-0.05, 0) is 29.3 Å². The van der Waals surface area contributed by atoms with Crippen LogP contribution in [0.1, 0.15) is 5.56 Å². The number of hydrogen-bond acceptors (Lipinski definition) is 1. The molecule has 2 aromatic carbocycles. The van der Waals surface area contributed by atoms with E-state index >= 15 is 0 Å². The standard InChI is InChI=1S/C13H10ClFO/c14-10-5-6-11(9(7-10)8-16)12-3-1-2-4-13(12)15/h1-7,16H,8H2. The predicted molar refractivity (Wildman–Crippen MR) is 62.8 cm³/mol. The molecule has 0 aliphatic rings. The zero-order valence-corrected chi connectivity index (χ0v) is 9.21. The Morgan fingerprint density at radius 3 is 2.50 bits per heavy atom. The average Bonchev–Trinajstić information content (AvgIpc) is 2.30. The fourth-order valence-electron chi connectivity index (χ4n) is 1.64. The minimum absolute atomic E-state index is 0.162. The van der Waals surface area contributed by atoms with Crippen molar-refractivity contribution in [3.8, 4) is 11.1 Å². The summed E-state index contributed by atoms with van der Waals surface area (Å²) in [5, 5.41) is 9.75. The van der Waals surface area contributed by atoms with Gasteiger partial charge in [-0.1, -0.05) is 35.9 Å². The topological polar surface area (TPSA) is 20.2 Å². The van der Waals surface area contributed by atoms with Crippen LogP contribution < -0.4 is 0 Å². The Hall–Kier alpha value is -1.38. The fourth-order valence-corrected chi connectivity index (χ4v) is 1.83. The van der Waals surface area contributed by atoms with Crippen molar-refractivity contribution in [1.82, 2.24) is 0 Å². The molecule has 0 saturated carbocycles. The van der Waals surface area contributed by atoms with Crippen molar-refractivity contribution in [1.29, 1.82) is 0 Å². The summed E-state index contributed by atoms with van der Waals surface area (Å²) in [6.07, 6.45) is 0. The molecule has 0 amide bonds. The Bertz CT molecular complexity index is 511. The summed E-state index contributed by atoms with van der Waals surface area (Å²) >= 11 is 5.82. The molecule has 0 aliphatic heterocycles. The van der Waals surface area contributed by atoms with Crippen LogP contribution in [0.25, 0.3) is 11.1 Å². The second-order valence-electron chi connectivity index (χ2n) is 3.44. The van der Waals surface area contributed by atoms with Gasteiger partial charge < -0.3 is 5.11 Å². The van der Waals surface area contributed by atoms with Gasteiger partial charge in [-0.25, -0.2) is 4.39 Å². The largest absolute Gasteiger partial charge is 0.392 e. The first-order valence-electron chi connectivity index (χ1n) is 4.86. The molecule has 0 radical (unpaired) electrons. The number of hydrogen-bond donors (Lipinski definition) is 1. The minimum Gasteiger partial charge on any atom is -0.392 e. The molecule has 0 aromatic heterocycles. The highest BCUT2D eigenvalue weighted by Gasteiger charge is 2.08. The van der Waals surface area contributed by atoms with E-state index in [0.29, 0.717) is 21.7 Å². The van der Waals surface area contributed by atoms with E-state index in [1.165, 1.54) is 6.07 Å². The lowest BCUT2D eigenvalue weighted by Crippen LogP contribution is -1.91. The molecule has 0 saturated heterocycles. The minimum atomic E-state index is -0.306. The maximum absolute atomic E-state index is 13.6. The Labute approximate surface area is 98.1 Å². The first-order valence-corrected chi connectivity index (χ1v) is 5.24. The van der Waals surface area contributed by atoms with Crippen LogP contribution in [0.15, 0.2) is 42.5 Å². The van der Waals surface area contributed by atoms with Crippen LogP contribution >= 0.6 is 11.6 Å². The molecular formula is C13H10ClFO. The molecule has 0 spiro atoms. The molecule has 1 N–H and O–H groups in total. The summed E-state index contributed by atoms with van der Waals surface area (Å²) in [4.78, 5) is 0. The van der Waals surface area contributed by atoms with Crippen LogP contribution in [0.3, 0.4) is 0 Å². The highest BCUT2D eigenvalue weighted by atomic mass is 35.5.